The third-order valence-electron chi connectivity index (χ3n) is 7.81. The number of quaternary nitrogens is 1. The maximum absolute atomic E-state index is 13.6. The highest BCUT2D eigenvalue weighted by Crippen LogP contribution is 2.44. The molecule has 0 radical (unpaired) electrons. The number of carbonyl (C=O) groups is 2. The minimum atomic E-state index is -1.62. The number of ether oxygens (including phenoxy) is 1. The summed E-state index contributed by atoms with van der Waals surface area (Å²) in [6.45, 7) is 1.85. The number of aromatic nitrogens is 2. The van der Waals surface area contributed by atoms with E-state index in [2.05, 4.69) is 15.5 Å². The van der Waals surface area contributed by atoms with E-state index >= 15 is 0 Å². The summed E-state index contributed by atoms with van der Waals surface area (Å²) < 4.78 is 6.30. The molecule has 3 saturated heterocycles. The van der Waals surface area contributed by atoms with Gasteiger partial charge in [0.2, 0.25) is 0 Å². The van der Waals surface area contributed by atoms with Gasteiger partial charge in [-0.05, 0) is 36.4 Å². The summed E-state index contributed by atoms with van der Waals surface area (Å²) in [4.78, 5) is 27.5. The van der Waals surface area contributed by atoms with Crippen molar-refractivity contribution in [2.75, 3.05) is 25.0 Å². The van der Waals surface area contributed by atoms with Gasteiger partial charge in [-0.2, -0.15) is 5.10 Å². The third-order valence-corrected chi connectivity index (χ3v) is 8.81. The van der Waals surface area contributed by atoms with Crippen LogP contribution in [-0.4, -0.2) is 57.5 Å². The third kappa shape index (κ3) is 4.18. The lowest BCUT2D eigenvalue weighted by molar-refractivity contribution is -0.869. The zero-order chi connectivity index (χ0) is 22.9. The molecule has 0 aromatic carbocycles. The molecule has 33 heavy (non-hydrogen) atoms. The average molecular weight is 472 g/mol. The number of nitrogens with one attached hydrogen (secondary N) is 1. The summed E-state index contributed by atoms with van der Waals surface area (Å²) >= 11 is 1.40. The fraction of sp³-hybridized carbons (Fsp3) is 0.583. The van der Waals surface area contributed by atoms with Gasteiger partial charge in [-0.3, -0.25) is 5.32 Å². The number of aliphatic hydroxyl groups is 1. The SMILES string of the molecule is O=C(OC1C[N+]2(C(=O)Nc3cccnn3)CCC1CC2)[C@@](O)(c1cccs1)C1CCCCC1. The van der Waals surface area contributed by atoms with Crippen molar-refractivity contribution in [3.63, 3.8) is 0 Å². The molecular formula is C24H31N4O4S+. The number of fused-ring (bicyclic) bond motifs is 3. The molecule has 1 unspecified atom stereocenters. The van der Waals surface area contributed by atoms with Gasteiger partial charge in [0.15, 0.2) is 17.5 Å². The van der Waals surface area contributed by atoms with E-state index in [0.29, 0.717) is 30.3 Å². The van der Waals surface area contributed by atoms with Gasteiger partial charge in [0.25, 0.3) is 0 Å². The second kappa shape index (κ2) is 9.12. The molecule has 3 aliphatic heterocycles. The van der Waals surface area contributed by atoms with Gasteiger partial charge in [0, 0.05) is 35.8 Å². The number of hydrogen-bond donors (Lipinski definition) is 2. The molecule has 4 aliphatic rings. The molecule has 2 N–H and O–H groups in total. The molecule has 2 atom stereocenters. The Kier molecular flexibility index (Phi) is 6.20. The van der Waals surface area contributed by atoms with Gasteiger partial charge >= 0.3 is 12.0 Å². The molecule has 2 aromatic rings. The first kappa shape index (κ1) is 22.4. The van der Waals surface area contributed by atoms with Crippen LogP contribution in [0.25, 0.3) is 0 Å². The number of thiophene rings is 1. The van der Waals surface area contributed by atoms with Crippen LogP contribution in [0.2, 0.25) is 0 Å². The van der Waals surface area contributed by atoms with E-state index in [0.717, 1.165) is 44.9 Å². The average Bonchev–Trinajstić information content (AvgIpc) is 3.41. The van der Waals surface area contributed by atoms with Crippen molar-refractivity contribution in [1.82, 2.24) is 10.2 Å². The number of piperidine rings is 3. The quantitative estimate of drug-likeness (QED) is 0.509. The lowest BCUT2D eigenvalue weighted by Gasteiger charge is -2.50. The van der Waals surface area contributed by atoms with Crippen LogP contribution >= 0.6 is 11.3 Å². The Morgan fingerprint density at radius 2 is 1.91 bits per heavy atom. The molecular weight excluding hydrogens is 440 g/mol. The van der Waals surface area contributed by atoms with E-state index in [1.165, 1.54) is 11.3 Å². The zero-order valence-corrected chi connectivity index (χ0v) is 19.5. The van der Waals surface area contributed by atoms with Gasteiger partial charge in [-0.1, -0.05) is 25.3 Å². The molecule has 1 saturated carbocycles. The second-order valence-electron chi connectivity index (χ2n) is 9.67. The molecule has 4 fully saturated rings. The normalized spacial score (nSPS) is 29.2. The van der Waals surface area contributed by atoms with Gasteiger partial charge in [0.05, 0.1) is 13.1 Å². The van der Waals surface area contributed by atoms with Crippen LogP contribution in [0.4, 0.5) is 10.6 Å². The Balaban J connectivity index is 1.34. The van der Waals surface area contributed by atoms with Crippen LogP contribution in [0.5, 0.6) is 0 Å². The molecule has 8 nitrogen and oxygen atoms in total. The summed E-state index contributed by atoms with van der Waals surface area (Å²) in [5, 5.41) is 24.3. The zero-order valence-electron chi connectivity index (χ0n) is 18.7. The highest BCUT2D eigenvalue weighted by atomic mass is 32.1. The van der Waals surface area contributed by atoms with Crippen LogP contribution < -0.4 is 5.32 Å². The maximum atomic E-state index is 13.6. The van der Waals surface area contributed by atoms with Crippen LogP contribution in [0.3, 0.4) is 0 Å². The molecule has 6 rings (SSSR count). The number of urea groups is 1. The Morgan fingerprint density at radius 3 is 2.58 bits per heavy atom. The summed E-state index contributed by atoms with van der Waals surface area (Å²) in [5.41, 5.74) is -1.62. The molecule has 2 bridgehead atoms. The van der Waals surface area contributed by atoms with Crippen LogP contribution in [0, 0.1) is 11.8 Å². The lowest BCUT2D eigenvalue weighted by Crippen LogP contribution is -2.68. The number of hydrogen-bond acceptors (Lipinski definition) is 7. The Bertz CT molecular complexity index is 972. The molecule has 1 aliphatic carbocycles. The number of anilines is 1. The fourth-order valence-electron chi connectivity index (χ4n) is 5.86. The van der Waals surface area contributed by atoms with Crippen molar-refractivity contribution in [3.8, 4) is 0 Å². The topological polar surface area (TPSA) is 101 Å². The van der Waals surface area contributed by atoms with E-state index in [9.17, 15) is 14.7 Å². The van der Waals surface area contributed by atoms with E-state index in [-0.39, 0.29) is 28.5 Å². The number of carbonyl (C=O) groups excluding carboxylic acids is 2. The molecule has 5 heterocycles. The molecule has 176 valence electrons. The number of nitrogens with zero attached hydrogens (tertiary/aromatic N) is 3. The van der Waals surface area contributed by atoms with Crippen molar-refractivity contribution >= 4 is 29.2 Å². The van der Waals surface area contributed by atoms with Crippen LogP contribution in [0.15, 0.2) is 35.8 Å². The first-order valence-electron chi connectivity index (χ1n) is 11.9. The van der Waals surface area contributed by atoms with Crippen molar-refractivity contribution in [2.24, 2.45) is 11.8 Å². The predicted octanol–water partition coefficient (Wildman–Crippen LogP) is 3.69. The Labute approximate surface area is 197 Å². The van der Waals surface area contributed by atoms with Gasteiger partial charge in [0.1, 0.15) is 6.54 Å². The Morgan fingerprint density at radius 1 is 1.12 bits per heavy atom. The highest BCUT2D eigenvalue weighted by Gasteiger charge is 2.55. The van der Waals surface area contributed by atoms with Crippen molar-refractivity contribution in [3.05, 3.63) is 40.7 Å². The maximum Gasteiger partial charge on any atom is 0.422 e. The van der Waals surface area contributed by atoms with Crippen molar-refractivity contribution in [2.45, 2.75) is 56.7 Å². The standard InChI is InChI=1S/C24H30N4O4S/c29-22(24(31,20-8-5-15-33-20)18-6-2-1-3-7-18)32-19-16-28(13-10-17(19)11-14-28)23(30)26-21-9-4-12-25-27-21/h4-5,8-9,12,15,17-19,31H,1-3,6-7,10-11,13-14,16H2/p+1/t17?,19?,24-,28?/m0/s1. The molecule has 0 spiro atoms. The summed E-state index contributed by atoms with van der Waals surface area (Å²) in [5.74, 6) is -0.0533. The number of esters is 1. The smallest absolute Gasteiger partial charge is 0.422 e. The van der Waals surface area contributed by atoms with E-state index in [1.807, 2.05) is 17.5 Å². The first-order valence-corrected chi connectivity index (χ1v) is 12.8. The monoisotopic (exact) mass is 471 g/mol. The summed E-state index contributed by atoms with van der Waals surface area (Å²) in [7, 11) is 0. The number of rotatable bonds is 5. The van der Waals surface area contributed by atoms with Gasteiger partial charge in [-0.15, -0.1) is 16.4 Å². The summed E-state index contributed by atoms with van der Waals surface area (Å²) in [6, 6.07) is 7.00. The Hall–Kier alpha value is -2.36. The van der Waals surface area contributed by atoms with E-state index < -0.39 is 11.6 Å². The van der Waals surface area contributed by atoms with E-state index in [4.69, 9.17) is 4.74 Å². The van der Waals surface area contributed by atoms with Gasteiger partial charge in [-0.25, -0.2) is 14.1 Å². The molecule has 9 heteroatoms. The van der Waals surface area contributed by atoms with Crippen molar-refractivity contribution < 1.29 is 23.9 Å². The van der Waals surface area contributed by atoms with E-state index in [1.54, 1.807) is 18.3 Å². The summed E-state index contributed by atoms with van der Waals surface area (Å²) in [6.07, 6.45) is 7.60. The van der Waals surface area contributed by atoms with Crippen molar-refractivity contribution in [1.29, 1.82) is 0 Å². The minimum absolute atomic E-state index is 0.137. The first-order chi connectivity index (χ1) is 16.0. The molecule has 2 amide bonds. The number of amides is 2. The minimum Gasteiger partial charge on any atom is -0.454 e. The predicted molar refractivity (Wildman–Crippen MR) is 123 cm³/mol. The van der Waals surface area contributed by atoms with Crippen LogP contribution in [-0.2, 0) is 15.1 Å². The fourth-order valence-corrected chi connectivity index (χ4v) is 6.75. The highest BCUT2D eigenvalue weighted by molar-refractivity contribution is 7.10. The second-order valence-corrected chi connectivity index (χ2v) is 10.6. The molecule has 2 aromatic heterocycles. The van der Waals surface area contributed by atoms with Crippen LogP contribution in [0.1, 0.15) is 49.8 Å². The largest absolute Gasteiger partial charge is 0.454 e. The van der Waals surface area contributed by atoms with Gasteiger partial charge < -0.3 is 9.84 Å². The lowest BCUT2D eigenvalue weighted by atomic mass is 9.76.